The van der Waals surface area contributed by atoms with Crippen LogP contribution in [0.2, 0.25) is 5.02 Å². The van der Waals surface area contributed by atoms with Crippen LogP contribution in [0.1, 0.15) is 32.0 Å². The van der Waals surface area contributed by atoms with Gasteiger partial charge >= 0.3 is 0 Å². The number of aromatic nitrogens is 1. The Morgan fingerprint density at radius 2 is 1.45 bits per heavy atom. The van der Waals surface area contributed by atoms with E-state index in [0.29, 0.717) is 42.3 Å². The van der Waals surface area contributed by atoms with E-state index in [9.17, 15) is 9.59 Å². The number of rotatable bonds is 5. The molecule has 1 fully saturated rings. The van der Waals surface area contributed by atoms with Gasteiger partial charge in [-0.2, -0.15) is 0 Å². The molecular weight excluding hydrogens is 450 g/mol. The zero-order valence-electron chi connectivity index (χ0n) is 17.1. The Balaban J connectivity index is 1.30. The van der Waals surface area contributed by atoms with Crippen LogP contribution in [0.5, 0.6) is 0 Å². The number of piperazine rings is 1. The zero-order valence-corrected chi connectivity index (χ0v) is 19.5. The van der Waals surface area contributed by atoms with Gasteiger partial charge in [-0.1, -0.05) is 35.5 Å². The van der Waals surface area contributed by atoms with Crippen molar-refractivity contribution >= 4 is 46.5 Å². The van der Waals surface area contributed by atoms with E-state index >= 15 is 0 Å². The fourth-order valence-corrected chi connectivity index (χ4v) is 5.29. The van der Waals surface area contributed by atoms with Crippen LogP contribution < -0.4 is 0 Å². The van der Waals surface area contributed by atoms with E-state index in [1.165, 1.54) is 0 Å². The molecule has 1 aliphatic heterocycles. The first-order valence-corrected chi connectivity index (χ1v) is 12.2. The van der Waals surface area contributed by atoms with Crippen molar-refractivity contribution in [1.82, 2.24) is 14.8 Å². The van der Waals surface area contributed by atoms with Gasteiger partial charge in [-0.05, 0) is 48.9 Å². The van der Waals surface area contributed by atoms with Crippen LogP contribution >= 0.6 is 34.7 Å². The van der Waals surface area contributed by atoms with Crippen molar-refractivity contribution in [3.8, 4) is 0 Å². The molecule has 0 unspecified atom stereocenters. The van der Waals surface area contributed by atoms with Crippen molar-refractivity contribution in [2.24, 2.45) is 0 Å². The SMILES string of the molecule is Cc1csc(SCc2ccc(C(=O)N3CCN(C(=O)c4ccc(Cl)cc4)CC3)cc2)n1. The van der Waals surface area contributed by atoms with Crippen LogP contribution in [0.25, 0.3) is 0 Å². The number of amides is 2. The highest BCUT2D eigenvalue weighted by Crippen LogP contribution is 2.26. The number of hydrogen-bond acceptors (Lipinski definition) is 5. The van der Waals surface area contributed by atoms with Crippen LogP contribution in [0, 0.1) is 6.92 Å². The summed E-state index contributed by atoms with van der Waals surface area (Å²) >= 11 is 9.26. The first kappa shape index (κ1) is 21.9. The highest BCUT2D eigenvalue weighted by Gasteiger charge is 2.25. The molecule has 3 aromatic rings. The molecular formula is C23H22ClN3O2S2. The van der Waals surface area contributed by atoms with E-state index < -0.39 is 0 Å². The van der Waals surface area contributed by atoms with Gasteiger partial charge in [0.25, 0.3) is 11.8 Å². The molecule has 8 heteroatoms. The van der Waals surface area contributed by atoms with Crippen molar-refractivity contribution in [3.63, 3.8) is 0 Å². The minimum absolute atomic E-state index is 0.00773. The van der Waals surface area contributed by atoms with Crippen molar-refractivity contribution in [2.45, 2.75) is 17.0 Å². The predicted octanol–water partition coefficient (Wildman–Crippen LogP) is 5.00. The first-order chi connectivity index (χ1) is 15.0. The molecule has 0 atom stereocenters. The van der Waals surface area contributed by atoms with E-state index in [1.54, 1.807) is 52.3 Å². The highest BCUT2D eigenvalue weighted by atomic mass is 35.5. The fraction of sp³-hybridized carbons (Fsp3) is 0.261. The summed E-state index contributed by atoms with van der Waals surface area (Å²) in [6.07, 6.45) is 0. The largest absolute Gasteiger partial charge is 0.335 e. The summed E-state index contributed by atoms with van der Waals surface area (Å²) in [5, 5.41) is 2.65. The Morgan fingerprint density at radius 1 is 0.935 bits per heavy atom. The van der Waals surface area contributed by atoms with Crippen molar-refractivity contribution in [2.75, 3.05) is 26.2 Å². The molecule has 1 aliphatic rings. The van der Waals surface area contributed by atoms with Crippen molar-refractivity contribution < 1.29 is 9.59 Å². The predicted molar refractivity (Wildman–Crippen MR) is 126 cm³/mol. The van der Waals surface area contributed by atoms with Gasteiger partial charge in [0.15, 0.2) is 0 Å². The summed E-state index contributed by atoms with van der Waals surface area (Å²) < 4.78 is 1.06. The van der Waals surface area contributed by atoms with Crippen molar-refractivity contribution in [3.05, 3.63) is 81.3 Å². The maximum atomic E-state index is 12.9. The second-order valence-electron chi connectivity index (χ2n) is 7.33. The normalized spacial score (nSPS) is 14.0. The maximum Gasteiger partial charge on any atom is 0.253 e. The molecule has 1 aromatic heterocycles. The Morgan fingerprint density at radius 3 is 1.94 bits per heavy atom. The van der Waals surface area contributed by atoms with Gasteiger partial charge in [-0.25, -0.2) is 4.98 Å². The van der Waals surface area contributed by atoms with Gasteiger partial charge in [0, 0.05) is 59.2 Å². The lowest BCUT2D eigenvalue weighted by atomic mass is 10.1. The molecule has 2 aromatic carbocycles. The van der Waals surface area contributed by atoms with E-state index in [4.69, 9.17) is 11.6 Å². The Hall–Kier alpha value is -2.35. The summed E-state index contributed by atoms with van der Waals surface area (Å²) in [7, 11) is 0. The lowest BCUT2D eigenvalue weighted by molar-refractivity contribution is 0.0535. The van der Waals surface area contributed by atoms with Gasteiger partial charge in [0.05, 0.1) is 0 Å². The molecule has 0 bridgehead atoms. The summed E-state index contributed by atoms with van der Waals surface area (Å²) in [4.78, 5) is 33.6. The van der Waals surface area contributed by atoms with Crippen LogP contribution in [-0.2, 0) is 5.75 Å². The molecule has 0 saturated carbocycles. The molecule has 2 heterocycles. The second kappa shape index (κ2) is 9.85. The highest BCUT2D eigenvalue weighted by molar-refractivity contribution is 8.00. The lowest BCUT2D eigenvalue weighted by Crippen LogP contribution is -2.50. The van der Waals surface area contributed by atoms with E-state index in [1.807, 2.05) is 41.5 Å². The Bertz CT molecular complexity index is 1060. The third kappa shape index (κ3) is 5.47. The third-order valence-corrected chi connectivity index (χ3v) is 7.57. The molecule has 1 saturated heterocycles. The number of halogens is 1. The average Bonchev–Trinajstić information content (AvgIpc) is 3.23. The lowest BCUT2D eigenvalue weighted by Gasteiger charge is -2.35. The Kier molecular flexibility index (Phi) is 6.95. The number of hydrogen-bond donors (Lipinski definition) is 0. The molecule has 160 valence electrons. The van der Waals surface area contributed by atoms with Gasteiger partial charge in [0.1, 0.15) is 4.34 Å². The van der Waals surface area contributed by atoms with Gasteiger partial charge in [-0.15, -0.1) is 11.3 Å². The number of aryl methyl sites for hydroxylation is 1. The molecule has 0 spiro atoms. The smallest absolute Gasteiger partial charge is 0.253 e. The zero-order chi connectivity index (χ0) is 21.8. The topological polar surface area (TPSA) is 53.5 Å². The quantitative estimate of drug-likeness (QED) is 0.491. The summed E-state index contributed by atoms with van der Waals surface area (Å²) in [6.45, 7) is 4.09. The molecule has 2 amide bonds. The first-order valence-electron chi connectivity index (χ1n) is 9.97. The molecule has 0 radical (unpaired) electrons. The number of carbonyl (C=O) groups excluding carboxylic acids is 2. The number of nitrogens with zero attached hydrogens (tertiary/aromatic N) is 3. The average molecular weight is 472 g/mol. The minimum Gasteiger partial charge on any atom is -0.335 e. The molecule has 5 nitrogen and oxygen atoms in total. The van der Waals surface area contributed by atoms with Crippen LogP contribution in [-0.4, -0.2) is 52.8 Å². The summed E-state index contributed by atoms with van der Waals surface area (Å²) in [6, 6.07) is 14.7. The van der Waals surface area contributed by atoms with E-state index in [0.717, 1.165) is 21.3 Å². The van der Waals surface area contributed by atoms with Gasteiger partial charge in [-0.3, -0.25) is 9.59 Å². The summed E-state index contributed by atoms with van der Waals surface area (Å²) in [5.74, 6) is 0.807. The monoisotopic (exact) mass is 471 g/mol. The molecule has 4 rings (SSSR count). The third-order valence-electron chi connectivity index (χ3n) is 5.11. The van der Waals surface area contributed by atoms with Gasteiger partial charge in [0.2, 0.25) is 0 Å². The minimum atomic E-state index is -0.0268. The fourth-order valence-electron chi connectivity index (χ4n) is 3.36. The van der Waals surface area contributed by atoms with Crippen LogP contribution in [0.4, 0.5) is 0 Å². The van der Waals surface area contributed by atoms with Crippen LogP contribution in [0.15, 0.2) is 58.3 Å². The second-order valence-corrected chi connectivity index (χ2v) is 9.85. The molecule has 0 N–H and O–H groups in total. The van der Waals surface area contributed by atoms with Crippen LogP contribution in [0.3, 0.4) is 0 Å². The Labute approximate surface area is 195 Å². The van der Waals surface area contributed by atoms with E-state index in [2.05, 4.69) is 4.98 Å². The number of carbonyl (C=O) groups is 2. The molecule has 0 aliphatic carbocycles. The number of thiazole rings is 1. The number of benzene rings is 2. The maximum absolute atomic E-state index is 12.9. The van der Waals surface area contributed by atoms with Crippen molar-refractivity contribution in [1.29, 1.82) is 0 Å². The van der Waals surface area contributed by atoms with Gasteiger partial charge < -0.3 is 9.80 Å². The number of thioether (sulfide) groups is 1. The molecule has 31 heavy (non-hydrogen) atoms. The summed E-state index contributed by atoms with van der Waals surface area (Å²) in [5.41, 5.74) is 3.50. The van der Waals surface area contributed by atoms with E-state index in [-0.39, 0.29) is 11.8 Å². The standard InChI is InChI=1S/C23H22ClN3O2S2/c1-16-14-30-23(25-16)31-15-17-2-4-18(5-3-17)21(28)26-10-12-27(13-11-26)22(29)19-6-8-20(24)9-7-19/h2-9,14H,10-13,15H2,1H3.